The number of carbonyl (C=O) groups is 1. The molecule has 2 rings (SSSR count). The maximum atomic E-state index is 11.7. The van der Waals surface area contributed by atoms with Crippen molar-refractivity contribution in [3.05, 3.63) is 29.6 Å². The van der Waals surface area contributed by atoms with Gasteiger partial charge in [-0.05, 0) is 18.6 Å². The van der Waals surface area contributed by atoms with Crippen LogP contribution in [0.1, 0.15) is 48.8 Å². The highest BCUT2D eigenvalue weighted by atomic mass is 16.5. The molecule has 4 nitrogen and oxygen atoms in total. The molecule has 102 valence electrons. The zero-order chi connectivity index (χ0) is 13.7. The van der Waals surface area contributed by atoms with E-state index in [1.807, 2.05) is 12.1 Å². The summed E-state index contributed by atoms with van der Waals surface area (Å²) in [6.45, 7) is 2.20. The minimum atomic E-state index is -0.338. The number of fused-ring (bicyclic) bond motifs is 1. The number of methoxy groups -OCH3 is 1. The Kier molecular flexibility index (Phi) is 4.55. The lowest BCUT2D eigenvalue weighted by atomic mass is 10.1. The van der Waals surface area contributed by atoms with Crippen molar-refractivity contribution in [1.82, 2.24) is 9.97 Å². The molecule has 0 saturated carbocycles. The lowest BCUT2D eigenvalue weighted by Gasteiger charge is -1.98. The average Bonchev–Trinajstić information content (AvgIpc) is 2.85. The van der Waals surface area contributed by atoms with Crippen molar-refractivity contribution >= 4 is 17.0 Å². The fourth-order valence-electron chi connectivity index (χ4n) is 2.20. The first kappa shape index (κ1) is 13.6. The minimum absolute atomic E-state index is 0.338. The Morgan fingerprint density at radius 2 is 2.16 bits per heavy atom. The first-order valence-corrected chi connectivity index (χ1v) is 6.82. The Labute approximate surface area is 113 Å². The number of unbranched alkanes of at least 4 members (excludes halogenated alkanes) is 3. The summed E-state index contributed by atoms with van der Waals surface area (Å²) < 4.78 is 4.77. The molecule has 1 N–H and O–H groups in total. The van der Waals surface area contributed by atoms with Crippen molar-refractivity contribution in [2.24, 2.45) is 0 Å². The summed E-state index contributed by atoms with van der Waals surface area (Å²) >= 11 is 0. The van der Waals surface area contributed by atoms with Crippen LogP contribution >= 0.6 is 0 Å². The van der Waals surface area contributed by atoms with Crippen LogP contribution < -0.4 is 0 Å². The molecule has 19 heavy (non-hydrogen) atoms. The Morgan fingerprint density at radius 1 is 1.32 bits per heavy atom. The number of carbonyl (C=O) groups excluding carboxylic acids is 1. The van der Waals surface area contributed by atoms with Crippen molar-refractivity contribution in [3.8, 4) is 0 Å². The zero-order valence-corrected chi connectivity index (χ0v) is 11.5. The largest absolute Gasteiger partial charge is 0.465 e. The Bertz CT molecular complexity index is 560. The minimum Gasteiger partial charge on any atom is -0.465 e. The third-order valence-corrected chi connectivity index (χ3v) is 3.23. The van der Waals surface area contributed by atoms with E-state index < -0.39 is 0 Å². The van der Waals surface area contributed by atoms with Crippen LogP contribution in [0.15, 0.2) is 18.2 Å². The molecule has 4 heteroatoms. The second-order valence-corrected chi connectivity index (χ2v) is 4.69. The number of rotatable bonds is 6. The number of ether oxygens (including phenoxy) is 1. The van der Waals surface area contributed by atoms with Gasteiger partial charge in [-0.1, -0.05) is 32.3 Å². The molecule has 0 amide bonds. The van der Waals surface area contributed by atoms with Crippen LogP contribution in [-0.4, -0.2) is 23.0 Å². The molecule has 1 aromatic heterocycles. The van der Waals surface area contributed by atoms with Gasteiger partial charge in [0.1, 0.15) is 11.3 Å². The summed E-state index contributed by atoms with van der Waals surface area (Å²) in [4.78, 5) is 19.5. The van der Waals surface area contributed by atoms with E-state index in [2.05, 4.69) is 16.9 Å². The van der Waals surface area contributed by atoms with Crippen LogP contribution in [0.3, 0.4) is 0 Å². The molecule has 1 aromatic carbocycles. The van der Waals surface area contributed by atoms with Crippen LogP contribution in [0.5, 0.6) is 0 Å². The van der Waals surface area contributed by atoms with Crippen LogP contribution in [0.4, 0.5) is 0 Å². The molecule has 0 unspecified atom stereocenters. The van der Waals surface area contributed by atoms with Crippen LogP contribution in [0.2, 0.25) is 0 Å². The monoisotopic (exact) mass is 260 g/mol. The highest BCUT2D eigenvalue weighted by Crippen LogP contribution is 2.18. The van der Waals surface area contributed by atoms with E-state index in [1.54, 1.807) is 6.07 Å². The van der Waals surface area contributed by atoms with Gasteiger partial charge in [-0.15, -0.1) is 0 Å². The van der Waals surface area contributed by atoms with E-state index in [4.69, 9.17) is 4.74 Å². The van der Waals surface area contributed by atoms with E-state index in [-0.39, 0.29) is 5.97 Å². The lowest BCUT2D eigenvalue weighted by molar-refractivity contribution is 0.0603. The van der Waals surface area contributed by atoms with Crippen LogP contribution in [-0.2, 0) is 11.2 Å². The standard InChI is InChI=1S/C15H20N2O2/c1-3-4-5-6-10-13-16-12-9-7-8-11(14(12)17-13)15(18)19-2/h7-9H,3-6,10H2,1-2H3,(H,16,17). The quantitative estimate of drug-likeness (QED) is 0.639. The van der Waals surface area contributed by atoms with Crippen molar-refractivity contribution in [2.45, 2.75) is 39.0 Å². The average molecular weight is 260 g/mol. The Morgan fingerprint density at radius 3 is 2.89 bits per heavy atom. The molecule has 0 aliphatic rings. The summed E-state index contributed by atoms with van der Waals surface area (Å²) in [6, 6.07) is 5.52. The van der Waals surface area contributed by atoms with Gasteiger partial charge in [-0.25, -0.2) is 9.78 Å². The fraction of sp³-hybridized carbons (Fsp3) is 0.467. The third kappa shape index (κ3) is 3.13. The second kappa shape index (κ2) is 6.36. The molecule has 0 aliphatic carbocycles. The first-order valence-electron chi connectivity index (χ1n) is 6.82. The van der Waals surface area contributed by atoms with Crippen molar-refractivity contribution < 1.29 is 9.53 Å². The molecule has 0 spiro atoms. The van der Waals surface area contributed by atoms with Crippen molar-refractivity contribution in [2.75, 3.05) is 7.11 Å². The van der Waals surface area contributed by atoms with E-state index in [1.165, 1.54) is 26.4 Å². The topological polar surface area (TPSA) is 55.0 Å². The fourth-order valence-corrected chi connectivity index (χ4v) is 2.20. The molecule has 0 saturated heterocycles. The number of esters is 1. The van der Waals surface area contributed by atoms with Gasteiger partial charge in [0.15, 0.2) is 0 Å². The van der Waals surface area contributed by atoms with Gasteiger partial charge in [0.2, 0.25) is 0 Å². The number of hydrogen-bond acceptors (Lipinski definition) is 3. The number of aromatic amines is 1. The van der Waals surface area contributed by atoms with E-state index in [9.17, 15) is 4.79 Å². The molecule has 1 heterocycles. The van der Waals surface area contributed by atoms with E-state index >= 15 is 0 Å². The summed E-state index contributed by atoms with van der Waals surface area (Å²) in [5.41, 5.74) is 2.13. The van der Waals surface area contributed by atoms with Crippen LogP contribution in [0.25, 0.3) is 11.0 Å². The highest BCUT2D eigenvalue weighted by Gasteiger charge is 2.13. The summed E-state index contributed by atoms with van der Waals surface area (Å²) in [7, 11) is 1.39. The third-order valence-electron chi connectivity index (χ3n) is 3.23. The molecular weight excluding hydrogens is 240 g/mol. The summed E-state index contributed by atoms with van der Waals surface area (Å²) in [5.74, 6) is 0.608. The predicted molar refractivity (Wildman–Crippen MR) is 75.3 cm³/mol. The van der Waals surface area contributed by atoms with E-state index in [0.717, 1.165) is 24.2 Å². The maximum Gasteiger partial charge on any atom is 0.340 e. The molecule has 0 radical (unpaired) electrons. The number of benzene rings is 1. The van der Waals surface area contributed by atoms with Gasteiger partial charge < -0.3 is 9.72 Å². The van der Waals surface area contributed by atoms with Gasteiger partial charge >= 0.3 is 5.97 Å². The lowest BCUT2D eigenvalue weighted by Crippen LogP contribution is -2.01. The highest BCUT2D eigenvalue weighted by molar-refractivity contribution is 6.01. The summed E-state index contributed by atoms with van der Waals surface area (Å²) in [5, 5.41) is 0. The van der Waals surface area contributed by atoms with Crippen molar-refractivity contribution in [3.63, 3.8) is 0 Å². The van der Waals surface area contributed by atoms with E-state index in [0.29, 0.717) is 11.1 Å². The van der Waals surface area contributed by atoms with Gasteiger partial charge in [-0.3, -0.25) is 0 Å². The normalized spacial score (nSPS) is 10.8. The molecule has 0 aliphatic heterocycles. The Hall–Kier alpha value is -1.84. The van der Waals surface area contributed by atoms with Crippen LogP contribution in [0, 0.1) is 0 Å². The number of H-pyrrole nitrogens is 1. The number of hydrogen-bond donors (Lipinski definition) is 1. The smallest absolute Gasteiger partial charge is 0.340 e. The molecule has 0 atom stereocenters. The van der Waals surface area contributed by atoms with Crippen molar-refractivity contribution in [1.29, 1.82) is 0 Å². The predicted octanol–water partition coefficient (Wildman–Crippen LogP) is 3.47. The number of imidazole rings is 1. The SMILES string of the molecule is CCCCCCc1nc2c(C(=O)OC)cccc2[nH]1. The molecule has 2 aromatic rings. The van der Waals surface area contributed by atoms with Gasteiger partial charge in [0, 0.05) is 6.42 Å². The number of aromatic nitrogens is 2. The zero-order valence-electron chi connectivity index (χ0n) is 11.5. The maximum absolute atomic E-state index is 11.7. The van der Waals surface area contributed by atoms with Gasteiger partial charge in [0.25, 0.3) is 0 Å². The summed E-state index contributed by atoms with van der Waals surface area (Å²) in [6.07, 6.45) is 5.76. The van der Waals surface area contributed by atoms with Gasteiger partial charge in [-0.2, -0.15) is 0 Å². The molecular formula is C15H20N2O2. The molecule has 0 bridgehead atoms. The van der Waals surface area contributed by atoms with Gasteiger partial charge in [0.05, 0.1) is 18.2 Å². The number of para-hydroxylation sites is 1. The number of nitrogens with one attached hydrogen (secondary N) is 1. The first-order chi connectivity index (χ1) is 9.26. The Balaban J connectivity index is 2.18. The number of nitrogens with zero attached hydrogens (tertiary/aromatic N) is 1. The number of aryl methyl sites for hydroxylation is 1. The molecule has 0 fully saturated rings. The second-order valence-electron chi connectivity index (χ2n) is 4.69.